The fraction of sp³-hybridized carbons (Fsp3) is 0.538. The molecule has 0 aromatic heterocycles. The van der Waals surface area contributed by atoms with Gasteiger partial charge in [0, 0.05) is 17.8 Å². The highest BCUT2D eigenvalue weighted by Gasteiger charge is 2.19. The third-order valence-corrected chi connectivity index (χ3v) is 4.92. The number of hydrogen-bond acceptors (Lipinski definition) is 4. The molecule has 0 heterocycles. The van der Waals surface area contributed by atoms with E-state index in [9.17, 15) is 8.42 Å². The maximum absolute atomic E-state index is 11.6. The maximum atomic E-state index is 11.6. The number of hydrogen-bond donors (Lipinski definition) is 3. The van der Waals surface area contributed by atoms with Crippen molar-refractivity contribution in [2.24, 2.45) is 5.73 Å². The van der Waals surface area contributed by atoms with Gasteiger partial charge in [-0.05, 0) is 44.2 Å². The van der Waals surface area contributed by atoms with E-state index in [1.54, 1.807) is 24.3 Å². The Bertz CT molecular complexity index is 493. The van der Waals surface area contributed by atoms with Crippen LogP contribution in [-0.4, -0.2) is 27.5 Å². The first-order valence-electron chi connectivity index (χ1n) is 6.43. The summed E-state index contributed by atoms with van der Waals surface area (Å²) in [5, 5.41) is 3.24. The summed E-state index contributed by atoms with van der Waals surface area (Å²) < 4.78 is 25.4. The van der Waals surface area contributed by atoms with Crippen LogP contribution in [-0.2, 0) is 10.0 Å². The summed E-state index contributed by atoms with van der Waals surface area (Å²) in [5.74, 6) is 0. The van der Waals surface area contributed by atoms with Crippen LogP contribution in [0.15, 0.2) is 29.2 Å². The molecule has 0 saturated carbocycles. The number of nitrogens with two attached hydrogens (primary N) is 1. The van der Waals surface area contributed by atoms with Gasteiger partial charge in [-0.2, -0.15) is 0 Å². The number of rotatable bonds is 7. The molecule has 0 radical (unpaired) electrons. The quantitative estimate of drug-likeness (QED) is 0.709. The second-order valence-electron chi connectivity index (χ2n) is 4.65. The molecule has 0 amide bonds. The summed E-state index contributed by atoms with van der Waals surface area (Å²) in [5.41, 5.74) is 6.84. The lowest BCUT2D eigenvalue weighted by Gasteiger charge is -2.27. The van der Waals surface area contributed by atoms with Crippen molar-refractivity contribution in [2.45, 2.75) is 37.1 Å². The Labute approximate surface area is 115 Å². The van der Waals surface area contributed by atoms with Crippen molar-refractivity contribution in [2.75, 3.05) is 18.9 Å². The second kappa shape index (κ2) is 6.36. The summed E-state index contributed by atoms with van der Waals surface area (Å²) >= 11 is 0. The highest BCUT2D eigenvalue weighted by atomic mass is 32.2. The monoisotopic (exact) mass is 285 g/mol. The van der Waals surface area contributed by atoms with Crippen LogP contribution in [0.4, 0.5) is 5.69 Å². The molecule has 0 aliphatic carbocycles. The van der Waals surface area contributed by atoms with Crippen LogP contribution in [0.25, 0.3) is 0 Å². The van der Waals surface area contributed by atoms with Gasteiger partial charge < -0.3 is 11.1 Å². The van der Waals surface area contributed by atoms with Crippen LogP contribution in [0, 0.1) is 0 Å². The zero-order valence-corrected chi connectivity index (χ0v) is 12.5. The minimum Gasteiger partial charge on any atom is -0.383 e. The average Bonchev–Trinajstić information content (AvgIpc) is 2.45. The van der Waals surface area contributed by atoms with Crippen LogP contribution in [0.3, 0.4) is 0 Å². The van der Waals surface area contributed by atoms with E-state index in [2.05, 4.69) is 23.9 Å². The van der Waals surface area contributed by atoms with Gasteiger partial charge in [-0.3, -0.25) is 0 Å². The van der Waals surface area contributed by atoms with Gasteiger partial charge >= 0.3 is 0 Å². The van der Waals surface area contributed by atoms with Gasteiger partial charge in [0.05, 0.1) is 4.90 Å². The Morgan fingerprint density at radius 1 is 1.16 bits per heavy atom. The van der Waals surface area contributed by atoms with E-state index in [0.29, 0.717) is 6.54 Å². The van der Waals surface area contributed by atoms with Gasteiger partial charge in [0.25, 0.3) is 0 Å². The summed E-state index contributed by atoms with van der Waals surface area (Å²) in [6.07, 6.45) is 1.78. The summed E-state index contributed by atoms with van der Waals surface area (Å²) in [6, 6.07) is 6.64. The van der Waals surface area contributed by atoms with E-state index in [0.717, 1.165) is 18.5 Å². The average molecular weight is 285 g/mol. The second-order valence-corrected chi connectivity index (χ2v) is 6.54. The topological polar surface area (TPSA) is 84.2 Å². The lowest BCUT2D eigenvalue weighted by molar-refractivity contribution is 0.418. The zero-order chi connectivity index (χ0) is 14.5. The van der Waals surface area contributed by atoms with Crippen LogP contribution < -0.4 is 15.8 Å². The van der Waals surface area contributed by atoms with Gasteiger partial charge in [-0.25, -0.2) is 13.1 Å². The normalized spacial score (nSPS) is 12.4. The molecule has 1 aromatic carbocycles. The van der Waals surface area contributed by atoms with E-state index in [-0.39, 0.29) is 10.4 Å². The molecule has 0 unspecified atom stereocenters. The summed E-state index contributed by atoms with van der Waals surface area (Å²) in [7, 11) is -1.97. The minimum absolute atomic E-state index is 0.226. The molecule has 0 saturated heterocycles. The number of nitrogens with one attached hydrogen (secondary N) is 2. The van der Waals surface area contributed by atoms with Crippen LogP contribution in [0.5, 0.6) is 0 Å². The number of sulfonamides is 1. The maximum Gasteiger partial charge on any atom is 0.240 e. The molecule has 1 aromatic rings. The van der Waals surface area contributed by atoms with Crippen molar-refractivity contribution in [3.8, 4) is 0 Å². The van der Waals surface area contributed by atoms with E-state index in [1.165, 1.54) is 7.05 Å². The predicted octanol–water partition coefficient (Wildman–Crippen LogP) is 1.52. The first-order valence-corrected chi connectivity index (χ1v) is 7.91. The zero-order valence-electron chi connectivity index (χ0n) is 11.7. The van der Waals surface area contributed by atoms with Crippen LogP contribution in [0.1, 0.15) is 26.7 Å². The van der Waals surface area contributed by atoms with Gasteiger partial charge in [-0.1, -0.05) is 13.8 Å². The molecule has 4 N–H and O–H groups in total. The number of anilines is 1. The highest BCUT2D eigenvalue weighted by molar-refractivity contribution is 7.89. The molecule has 6 heteroatoms. The van der Waals surface area contributed by atoms with E-state index in [1.807, 2.05) is 0 Å². The molecule has 0 bridgehead atoms. The molecule has 0 aliphatic rings. The molecule has 0 fully saturated rings. The Morgan fingerprint density at radius 3 is 2.11 bits per heavy atom. The van der Waals surface area contributed by atoms with Crippen molar-refractivity contribution in [1.29, 1.82) is 0 Å². The molecular formula is C13H23N3O2S. The highest BCUT2D eigenvalue weighted by Crippen LogP contribution is 2.16. The van der Waals surface area contributed by atoms with Crippen molar-refractivity contribution in [3.63, 3.8) is 0 Å². The molecule has 5 nitrogen and oxygen atoms in total. The Kier molecular flexibility index (Phi) is 5.34. The smallest absolute Gasteiger partial charge is 0.240 e. The number of benzene rings is 1. The van der Waals surface area contributed by atoms with Crippen molar-refractivity contribution in [1.82, 2.24) is 4.72 Å². The van der Waals surface area contributed by atoms with Gasteiger partial charge in [-0.15, -0.1) is 0 Å². The molecule has 0 aliphatic heterocycles. The molecule has 1 rings (SSSR count). The largest absolute Gasteiger partial charge is 0.383 e. The first-order chi connectivity index (χ1) is 8.87. The molecule has 108 valence electrons. The Hall–Kier alpha value is -1.11. The molecule has 0 spiro atoms. The third kappa shape index (κ3) is 4.19. The first kappa shape index (κ1) is 15.9. The fourth-order valence-electron chi connectivity index (χ4n) is 1.65. The minimum atomic E-state index is -3.37. The molecule has 0 atom stereocenters. The van der Waals surface area contributed by atoms with Crippen LogP contribution in [0.2, 0.25) is 0 Å². The Balaban J connectivity index is 2.73. The third-order valence-electron chi connectivity index (χ3n) is 3.49. The van der Waals surface area contributed by atoms with Gasteiger partial charge in [0.15, 0.2) is 0 Å². The fourth-order valence-corrected chi connectivity index (χ4v) is 2.38. The van der Waals surface area contributed by atoms with Crippen molar-refractivity contribution < 1.29 is 8.42 Å². The van der Waals surface area contributed by atoms with Crippen LogP contribution >= 0.6 is 0 Å². The SMILES string of the molecule is CCC(N)(CC)CNc1ccc(S(=O)(=O)NC)cc1. The van der Waals surface area contributed by atoms with E-state index in [4.69, 9.17) is 5.73 Å². The van der Waals surface area contributed by atoms with Crippen molar-refractivity contribution >= 4 is 15.7 Å². The standard InChI is InChI=1S/C13H23N3O2S/c1-4-13(14,5-2)10-16-11-6-8-12(9-7-11)19(17,18)15-3/h6-9,15-16H,4-5,10,14H2,1-3H3. The van der Waals surface area contributed by atoms with E-state index < -0.39 is 10.0 Å². The summed E-state index contributed by atoms with van der Waals surface area (Å²) in [6.45, 7) is 4.79. The van der Waals surface area contributed by atoms with Gasteiger partial charge in [0.1, 0.15) is 0 Å². The van der Waals surface area contributed by atoms with E-state index >= 15 is 0 Å². The lowest BCUT2D eigenvalue weighted by atomic mass is 9.94. The Morgan fingerprint density at radius 2 is 1.68 bits per heavy atom. The van der Waals surface area contributed by atoms with Crippen molar-refractivity contribution in [3.05, 3.63) is 24.3 Å². The molecule has 19 heavy (non-hydrogen) atoms. The predicted molar refractivity (Wildman–Crippen MR) is 78.7 cm³/mol. The van der Waals surface area contributed by atoms with Gasteiger partial charge in [0.2, 0.25) is 10.0 Å². The lowest BCUT2D eigenvalue weighted by Crippen LogP contribution is -2.45. The summed E-state index contributed by atoms with van der Waals surface area (Å²) in [4.78, 5) is 0.255. The molecular weight excluding hydrogens is 262 g/mol.